The number of fused-ring (bicyclic) bond motifs is 2. The van der Waals surface area contributed by atoms with E-state index in [1.165, 1.54) is 62.4 Å². The summed E-state index contributed by atoms with van der Waals surface area (Å²) in [5, 5.41) is 24.8. The summed E-state index contributed by atoms with van der Waals surface area (Å²) in [6.07, 6.45) is 0. The Labute approximate surface area is 320 Å². The maximum absolute atomic E-state index is 13.6. The second kappa shape index (κ2) is 14.3. The molecule has 0 heterocycles. The Balaban J connectivity index is 1.24. The van der Waals surface area contributed by atoms with Crippen LogP contribution in [0.5, 0.6) is 11.5 Å². The molecule has 0 spiro atoms. The van der Waals surface area contributed by atoms with Gasteiger partial charge in [0.15, 0.2) is 0 Å². The molecule has 0 aliphatic rings. The normalized spacial score (nSPS) is 12.4. The third-order valence-corrected chi connectivity index (χ3v) is 13.3. The van der Waals surface area contributed by atoms with Crippen molar-refractivity contribution < 1.29 is 57.8 Å². The second-order valence-electron chi connectivity index (χ2n) is 12.4. The molecule has 0 aromatic heterocycles. The molecule has 0 radical (unpaired) electrons. The lowest BCUT2D eigenvalue weighted by atomic mass is 10.1. The van der Waals surface area contributed by atoms with Gasteiger partial charge >= 0.3 is 6.03 Å². The lowest BCUT2D eigenvalue weighted by Gasteiger charge is -2.16. The third-order valence-electron chi connectivity index (χ3n) is 8.44. The van der Waals surface area contributed by atoms with E-state index < -0.39 is 56.1 Å². The largest absolute Gasteiger partial charge is 0.508 e. The van der Waals surface area contributed by atoms with Crippen molar-refractivity contribution >= 4 is 90.6 Å². The fourth-order valence-electron chi connectivity index (χ4n) is 5.87. The van der Waals surface area contributed by atoms with E-state index in [0.717, 1.165) is 48.5 Å². The number of anilines is 4. The van der Waals surface area contributed by atoms with Crippen molar-refractivity contribution in [1.29, 1.82) is 0 Å². The van der Waals surface area contributed by atoms with Gasteiger partial charge in [0.25, 0.3) is 40.3 Å². The predicted molar refractivity (Wildman–Crippen MR) is 207 cm³/mol. The van der Waals surface area contributed by atoms with Crippen molar-refractivity contribution in [1.82, 2.24) is 0 Å². The van der Waals surface area contributed by atoms with Crippen molar-refractivity contribution in [2.45, 2.75) is 33.4 Å². The average Bonchev–Trinajstić information content (AvgIpc) is 3.09. The third kappa shape index (κ3) is 8.17. The molecule has 0 saturated heterocycles. The Morgan fingerprint density at radius 3 is 1.20 bits per heavy atom. The van der Waals surface area contributed by atoms with E-state index in [2.05, 4.69) is 20.1 Å². The number of amides is 2. The van der Waals surface area contributed by atoms with E-state index in [1.807, 2.05) is 0 Å². The molecule has 0 fully saturated rings. The molecule has 17 nitrogen and oxygen atoms in total. The fourth-order valence-corrected chi connectivity index (χ4v) is 9.97. The number of phenolic OH excluding ortho intramolecular Hbond substituents is 2. The van der Waals surface area contributed by atoms with Gasteiger partial charge in [-0.25, -0.2) is 21.6 Å². The molecular formula is C35H30N4O13S4. The minimum Gasteiger partial charge on any atom is -0.508 e. The Kier molecular flexibility index (Phi) is 10.1. The first-order chi connectivity index (χ1) is 26.0. The van der Waals surface area contributed by atoms with Crippen LogP contribution in [-0.2, 0) is 40.3 Å². The van der Waals surface area contributed by atoms with E-state index in [-0.39, 0.29) is 76.7 Å². The Bertz CT molecular complexity index is 2880. The number of sulfonamides is 2. The number of benzene rings is 6. The van der Waals surface area contributed by atoms with Crippen LogP contribution in [0.1, 0.15) is 11.1 Å². The first-order valence-electron chi connectivity index (χ1n) is 15.8. The molecule has 0 unspecified atom stereocenters. The molecule has 0 atom stereocenters. The molecule has 0 aliphatic heterocycles. The highest BCUT2D eigenvalue weighted by Gasteiger charge is 2.24. The molecular weight excluding hydrogens is 813 g/mol. The monoisotopic (exact) mass is 842 g/mol. The van der Waals surface area contributed by atoms with Crippen molar-refractivity contribution in [3.63, 3.8) is 0 Å². The summed E-state index contributed by atoms with van der Waals surface area (Å²) < 4.78 is 126. The molecule has 6 rings (SSSR count). The molecule has 0 aliphatic carbocycles. The van der Waals surface area contributed by atoms with Crippen LogP contribution in [0.15, 0.2) is 117 Å². The molecule has 56 heavy (non-hydrogen) atoms. The van der Waals surface area contributed by atoms with Gasteiger partial charge in [0.2, 0.25) is 0 Å². The number of urea groups is 1. The van der Waals surface area contributed by atoms with E-state index in [1.54, 1.807) is 0 Å². The number of nitrogens with one attached hydrogen (secondary N) is 4. The summed E-state index contributed by atoms with van der Waals surface area (Å²) in [6, 6.07) is 18.2. The van der Waals surface area contributed by atoms with Gasteiger partial charge in [0.1, 0.15) is 21.3 Å². The predicted octanol–water partition coefficient (Wildman–Crippen LogP) is 5.76. The summed E-state index contributed by atoms with van der Waals surface area (Å²) >= 11 is 0. The van der Waals surface area contributed by atoms with Gasteiger partial charge in [-0.2, -0.15) is 16.8 Å². The number of aryl methyl sites for hydroxylation is 2. The minimum atomic E-state index is -4.71. The maximum Gasteiger partial charge on any atom is 0.323 e. The molecule has 0 saturated carbocycles. The molecule has 292 valence electrons. The number of aromatic hydroxyl groups is 2. The summed E-state index contributed by atoms with van der Waals surface area (Å²) in [5.41, 5.74) is 0.258. The van der Waals surface area contributed by atoms with Gasteiger partial charge in [-0.1, -0.05) is 12.1 Å². The summed E-state index contributed by atoms with van der Waals surface area (Å²) in [6.45, 7) is 2.97. The number of hydrogen-bond acceptors (Lipinski definition) is 11. The highest BCUT2D eigenvalue weighted by molar-refractivity contribution is 7.93. The highest BCUT2D eigenvalue weighted by atomic mass is 32.2. The van der Waals surface area contributed by atoms with E-state index in [9.17, 15) is 57.8 Å². The maximum atomic E-state index is 13.6. The standard InChI is InChI=1S/C35H30N4O13S4/c1-19-3-5-21(15-33(19)53(43,44)38-29-11-13-31(55(47,48)49)25-9-7-23(40)17-27(25)29)36-35(42)37-22-6-4-20(2)34(16-22)54(45,46)39-30-12-14-32(56(50,51)52)26-10-8-24(41)18-28(26)30/h3-18,38-41H,1-2H3,(H2,36,37,42)(H,47,48,49)(H,50,51,52). The molecule has 6 aromatic rings. The average molecular weight is 843 g/mol. The van der Waals surface area contributed by atoms with Crippen LogP contribution in [0.2, 0.25) is 0 Å². The SMILES string of the molecule is Cc1ccc(NC(=O)Nc2ccc(C)c(S(=O)(=O)Nc3ccc(S(=O)(=O)O)c4ccc(O)cc34)c2)cc1S(=O)(=O)Nc1ccc(S(=O)(=O)O)c2ccc(O)cc12. The Morgan fingerprint density at radius 2 is 0.839 bits per heavy atom. The second-order valence-corrected chi connectivity index (χ2v) is 18.5. The van der Waals surface area contributed by atoms with E-state index >= 15 is 0 Å². The van der Waals surface area contributed by atoms with Gasteiger partial charge in [-0.05, 0) is 110 Å². The van der Waals surface area contributed by atoms with Crippen molar-refractivity contribution in [3.05, 3.63) is 108 Å². The highest BCUT2D eigenvalue weighted by Crippen LogP contribution is 2.36. The van der Waals surface area contributed by atoms with Gasteiger partial charge < -0.3 is 20.8 Å². The molecule has 21 heteroatoms. The van der Waals surface area contributed by atoms with Crippen molar-refractivity contribution in [2.75, 3.05) is 20.1 Å². The molecule has 8 N–H and O–H groups in total. The quantitative estimate of drug-likeness (QED) is 0.0763. The van der Waals surface area contributed by atoms with E-state index in [4.69, 9.17) is 0 Å². The topological polar surface area (TPSA) is 283 Å². The zero-order chi connectivity index (χ0) is 41.0. The fraction of sp³-hybridized carbons (Fsp3) is 0.0571. The molecule has 0 bridgehead atoms. The van der Waals surface area contributed by atoms with Crippen LogP contribution in [0, 0.1) is 13.8 Å². The zero-order valence-corrected chi connectivity index (χ0v) is 32.1. The molecule has 2 amide bonds. The smallest absolute Gasteiger partial charge is 0.323 e. The summed E-state index contributed by atoms with van der Waals surface area (Å²) in [7, 11) is -18.3. The van der Waals surface area contributed by atoms with Gasteiger partial charge in [0.05, 0.1) is 21.2 Å². The summed E-state index contributed by atoms with van der Waals surface area (Å²) in [5.74, 6) is -0.618. The number of phenols is 2. The zero-order valence-electron chi connectivity index (χ0n) is 28.8. The van der Waals surface area contributed by atoms with Crippen molar-refractivity contribution in [2.24, 2.45) is 0 Å². The lowest BCUT2D eigenvalue weighted by molar-refractivity contribution is 0.262. The first-order valence-corrected chi connectivity index (χ1v) is 21.7. The number of hydrogen-bond donors (Lipinski definition) is 8. The minimum absolute atomic E-state index is 0.00259. The van der Waals surface area contributed by atoms with Crippen LogP contribution in [-0.4, -0.2) is 59.0 Å². The van der Waals surface area contributed by atoms with E-state index in [0.29, 0.717) is 0 Å². The van der Waals surface area contributed by atoms with Crippen LogP contribution in [0.3, 0.4) is 0 Å². The van der Waals surface area contributed by atoms with Crippen LogP contribution < -0.4 is 20.1 Å². The van der Waals surface area contributed by atoms with Crippen LogP contribution in [0.4, 0.5) is 27.5 Å². The van der Waals surface area contributed by atoms with Crippen LogP contribution >= 0.6 is 0 Å². The van der Waals surface area contributed by atoms with Crippen molar-refractivity contribution in [3.8, 4) is 11.5 Å². The van der Waals surface area contributed by atoms with Crippen LogP contribution in [0.25, 0.3) is 21.5 Å². The number of carbonyl (C=O) groups excluding carboxylic acids is 1. The summed E-state index contributed by atoms with van der Waals surface area (Å²) in [4.78, 5) is 11.5. The lowest BCUT2D eigenvalue weighted by Crippen LogP contribution is -2.21. The molecule has 6 aromatic carbocycles. The number of carbonyl (C=O) groups is 1. The first kappa shape index (κ1) is 39.7. The Hall–Kier alpha value is -5.97. The number of rotatable bonds is 10. The van der Waals surface area contributed by atoms with Gasteiger partial charge in [-0.15, -0.1) is 0 Å². The Morgan fingerprint density at radius 1 is 0.464 bits per heavy atom. The van der Waals surface area contributed by atoms with Gasteiger partial charge in [0, 0.05) is 32.9 Å². The van der Waals surface area contributed by atoms with Gasteiger partial charge in [-0.3, -0.25) is 18.5 Å².